The summed E-state index contributed by atoms with van der Waals surface area (Å²) in [4.78, 5) is 10.0. The molecule has 0 fully saturated rings. The highest BCUT2D eigenvalue weighted by Gasteiger charge is 2.14. The van der Waals surface area contributed by atoms with Gasteiger partial charge in [0.25, 0.3) is 0 Å². The zero-order valence-corrected chi connectivity index (χ0v) is 16.8. The smallest absolute Gasteiger partial charge is 0.191 e. The van der Waals surface area contributed by atoms with E-state index in [0.717, 1.165) is 67.2 Å². The van der Waals surface area contributed by atoms with Crippen LogP contribution in [0.3, 0.4) is 0 Å². The lowest BCUT2D eigenvalue weighted by molar-refractivity contribution is 0.594. The van der Waals surface area contributed by atoms with Crippen molar-refractivity contribution in [2.24, 2.45) is 4.99 Å². The zero-order valence-electron chi connectivity index (χ0n) is 16.0. The van der Waals surface area contributed by atoms with Crippen molar-refractivity contribution in [2.45, 2.75) is 65.5 Å². The number of hydrogen-bond donors (Lipinski definition) is 2. The Labute approximate surface area is 159 Å². The molecule has 1 aliphatic heterocycles. The molecular weight excluding hydrogens is 346 g/mol. The molecule has 8 heteroatoms. The van der Waals surface area contributed by atoms with Crippen LogP contribution >= 0.6 is 11.3 Å². The van der Waals surface area contributed by atoms with Crippen molar-refractivity contribution >= 4 is 17.3 Å². The molecule has 3 heterocycles. The minimum Gasteiger partial charge on any atom is -0.356 e. The minimum absolute atomic E-state index is 0.759. The van der Waals surface area contributed by atoms with E-state index in [9.17, 15) is 0 Å². The van der Waals surface area contributed by atoms with Crippen molar-refractivity contribution in [2.75, 3.05) is 13.6 Å². The molecule has 26 heavy (non-hydrogen) atoms. The van der Waals surface area contributed by atoms with Gasteiger partial charge in [0.15, 0.2) is 5.96 Å². The summed E-state index contributed by atoms with van der Waals surface area (Å²) < 4.78 is 2.33. The highest BCUT2D eigenvalue weighted by atomic mass is 32.1. The summed E-state index contributed by atoms with van der Waals surface area (Å²) in [6.07, 6.45) is 6.80. The topological polar surface area (TPSA) is 80.0 Å². The quantitative estimate of drug-likeness (QED) is 0.460. The molecule has 1 aliphatic rings. The Morgan fingerprint density at radius 1 is 1.19 bits per heavy atom. The van der Waals surface area contributed by atoms with Crippen LogP contribution in [0.5, 0.6) is 0 Å². The average Bonchev–Trinajstić information content (AvgIpc) is 3.06. The summed E-state index contributed by atoms with van der Waals surface area (Å²) in [5.41, 5.74) is 1.10. The van der Waals surface area contributed by atoms with Crippen molar-refractivity contribution in [1.29, 1.82) is 0 Å². The Morgan fingerprint density at radius 3 is 2.85 bits per heavy atom. The van der Waals surface area contributed by atoms with Crippen LogP contribution in [0, 0.1) is 13.8 Å². The number of thiazole rings is 1. The van der Waals surface area contributed by atoms with E-state index in [4.69, 9.17) is 0 Å². The zero-order chi connectivity index (χ0) is 18.4. The van der Waals surface area contributed by atoms with Crippen LogP contribution in [-0.2, 0) is 25.9 Å². The Hall–Kier alpha value is -1.96. The monoisotopic (exact) mass is 375 g/mol. The van der Waals surface area contributed by atoms with Crippen LogP contribution in [0.4, 0.5) is 0 Å². The number of guanidine groups is 1. The summed E-state index contributed by atoms with van der Waals surface area (Å²) in [5.74, 6) is 3.12. The van der Waals surface area contributed by atoms with Crippen LogP contribution in [-0.4, -0.2) is 39.3 Å². The third kappa shape index (κ3) is 4.81. The van der Waals surface area contributed by atoms with Gasteiger partial charge in [-0.1, -0.05) is 6.42 Å². The molecular formula is C18H29N7S. The predicted octanol–water partition coefficient (Wildman–Crippen LogP) is 2.38. The van der Waals surface area contributed by atoms with E-state index < -0.39 is 0 Å². The summed E-state index contributed by atoms with van der Waals surface area (Å²) in [5, 5.41) is 16.6. The SMILES string of the molecule is CN=C(NCCCc1nnc2n1CCCCC2)NCc1sc(C)nc1C. The van der Waals surface area contributed by atoms with E-state index in [0.29, 0.717) is 0 Å². The molecule has 2 N–H and O–H groups in total. The molecule has 0 radical (unpaired) electrons. The van der Waals surface area contributed by atoms with Crippen molar-refractivity contribution < 1.29 is 0 Å². The molecule has 0 spiro atoms. The lowest BCUT2D eigenvalue weighted by Gasteiger charge is -2.11. The van der Waals surface area contributed by atoms with Gasteiger partial charge in [-0.3, -0.25) is 4.99 Å². The molecule has 0 bridgehead atoms. The lowest BCUT2D eigenvalue weighted by atomic mass is 10.2. The molecule has 0 aromatic carbocycles. The second-order valence-electron chi connectivity index (χ2n) is 6.69. The fraction of sp³-hybridized carbons (Fsp3) is 0.667. The van der Waals surface area contributed by atoms with Gasteiger partial charge in [-0.25, -0.2) is 4.98 Å². The normalized spacial score (nSPS) is 14.8. The van der Waals surface area contributed by atoms with E-state index in [1.807, 2.05) is 6.92 Å². The summed E-state index contributed by atoms with van der Waals surface area (Å²) in [7, 11) is 1.80. The van der Waals surface area contributed by atoms with E-state index in [1.165, 1.54) is 24.1 Å². The fourth-order valence-corrected chi connectivity index (χ4v) is 4.18. The Bertz CT molecular complexity index is 747. The molecule has 0 saturated heterocycles. The third-order valence-electron chi connectivity index (χ3n) is 4.70. The van der Waals surface area contributed by atoms with Gasteiger partial charge in [0.2, 0.25) is 0 Å². The maximum absolute atomic E-state index is 4.46. The number of aryl methyl sites for hydroxylation is 4. The summed E-state index contributed by atoms with van der Waals surface area (Å²) in [6.45, 7) is 6.79. The van der Waals surface area contributed by atoms with Crippen LogP contribution in [0.1, 0.15) is 52.9 Å². The summed E-state index contributed by atoms with van der Waals surface area (Å²) >= 11 is 1.73. The van der Waals surface area contributed by atoms with Crippen LogP contribution in [0.25, 0.3) is 0 Å². The number of aliphatic imine (C=N–C) groups is 1. The van der Waals surface area contributed by atoms with Crippen molar-refractivity contribution in [3.05, 3.63) is 27.2 Å². The van der Waals surface area contributed by atoms with E-state index in [1.54, 1.807) is 18.4 Å². The van der Waals surface area contributed by atoms with Gasteiger partial charge in [-0.05, 0) is 33.1 Å². The summed E-state index contributed by atoms with van der Waals surface area (Å²) in [6, 6.07) is 0. The molecule has 3 rings (SSSR count). The first kappa shape index (κ1) is 18.8. The number of hydrogen-bond acceptors (Lipinski definition) is 5. The first-order valence-corrected chi connectivity index (χ1v) is 10.3. The Balaban J connectivity index is 1.42. The van der Waals surface area contributed by atoms with Crippen molar-refractivity contribution in [1.82, 2.24) is 30.4 Å². The number of rotatable bonds is 6. The maximum Gasteiger partial charge on any atom is 0.191 e. The number of aromatic nitrogens is 4. The molecule has 0 amide bonds. The molecule has 2 aromatic heterocycles. The Kier molecular flexibility index (Phi) is 6.60. The number of nitrogens with zero attached hydrogens (tertiary/aromatic N) is 5. The molecule has 142 valence electrons. The highest BCUT2D eigenvalue weighted by molar-refractivity contribution is 7.11. The van der Waals surface area contributed by atoms with E-state index in [-0.39, 0.29) is 0 Å². The number of fused-ring (bicyclic) bond motifs is 1. The van der Waals surface area contributed by atoms with E-state index >= 15 is 0 Å². The first-order chi connectivity index (χ1) is 12.7. The second kappa shape index (κ2) is 9.12. The van der Waals surface area contributed by atoms with Gasteiger partial charge >= 0.3 is 0 Å². The van der Waals surface area contributed by atoms with Gasteiger partial charge in [0.1, 0.15) is 11.6 Å². The molecule has 0 unspecified atom stereocenters. The molecule has 0 aliphatic carbocycles. The molecule has 7 nitrogen and oxygen atoms in total. The molecule has 0 atom stereocenters. The third-order valence-corrected chi connectivity index (χ3v) is 5.77. The van der Waals surface area contributed by atoms with Gasteiger partial charge in [-0.15, -0.1) is 21.5 Å². The fourth-order valence-electron chi connectivity index (χ4n) is 3.31. The van der Waals surface area contributed by atoms with Gasteiger partial charge < -0.3 is 15.2 Å². The largest absolute Gasteiger partial charge is 0.356 e. The minimum atomic E-state index is 0.759. The van der Waals surface area contributed by atoms with Gasteiger partial charge in [0, 0.05) is 37.9 Å². The Morgan fingerprint density at radius 2 is 2.08 bits per heavy atom. The maximum atomic E-state index is 4.46. The number of nitrogens with one attached hydrogen (secondary N) is 2. The first-order valence-electron chi connectivity index (χ1n) is 9.45. The standard InChI is InChI=1S/C18H29N7S/c1-13-15(26-14(2)22-13)12-21-18(19-3)20-10-7-9-17-24-23-16-8-5-4-6-11-25(16)17/h4-12H2,1-3H3,(H2,19,20,21). The predicted molar refractivity (Wildman–Crippen MR) is 106 cm³/mol. The van der Waals surface area contributed by atoms with Gasteiger partial charge in [-0.2, -0.15) is 0 Å². The second-order valence-corrected chi connectivity index (χ2v) is 7.98. The van der Waals surface area contributed by atoms with Crippen LogP contribution in [0.15, 0.2) is 4.99 Å². The average molecular weight is 376 g/mol. The molecule has 2 aromatic rings. The van der Waals surface area contributed by atoms with Crippen molar-refractivity contribution in [3.8, 4) is 0 Å². The van der Waals surface area contributed by atoms with Gasteiger partial charge in [0.05, 0.1) is 17.2 Å². The highest BCUT2D eigenvalue weighted by Crippen LogP contribution is 2.16. The van der Waals surface area contributed by atoms with Crippen LogP contribution in [0.2, 0.25) is 0 Å². The van der Waals surface area contributed by atoms with Crippen molar-refractivity contribution in [3.63, 3.8) is 0 Å². The lowest BCUT2D eigenvalue weighted by Crippen LogP contribution is -2.37. The van der Waals surface area contributed by atoms with E-state index in [2.05, 4.69) is 42.3 Å². The molecule has 0 saturated carbocycles. The van der Waals surface area contributed by atoms with Crippen LogP contribution < -0.4 is 10.6 Å².